The summed E-state index contributed by atoms with van der Waals surface area (Å²) in [6.07, 6.45) is 3.27. The number of carbonyl (C=O) groups is 2. The molecular formula is C16H18N6O2. The smallest absolute Gasteiger partial charge is 0.246 e. The van der Waals surface area contributed by atoms with Gasteiger partial charge in [-0.3, -0.25) is 9.59 Å². The molecule has 8 heteroatoms. The summed E-state index contributed by atoms with van der Waals surface area (Å²) in [5.74, 6) is -0.203. The number of carbonyl (C=O) groups excluding carboxylic acids is 2. The van der Waals surface area contributed by atoms with E-state index in [2.05, 4.69) is 25.9 Å². The van der Waals surface area contributed by atoms with Gasteiger partial charge in [-0.15, -0.1) is 5.10 Å². The maximum Gasteiger partial charge on any atom is 0.246 e. The zero-order valence-corrected chi connectivity index (χ0v) is 13.4. The Hall–Kier alpha value is -3.16. The highest BCUT2D eigenvalue weighted by Crippen LogP contribution is 2.22. The predicted octanol–water partition coefficient (Wildman–Crippen LogP) is 1.99. The number of nitrogens with zero attached hydrogens (tertiary/aromatic N) is 3. The average Bonchev–Trinajstić information content (AvgIpc) is 3.15. The van der Waals surface area contributed by atoms with Gasteiger partial charge in [0, 0.05) is 23.0 Å². The molecule has 8 nitrogen and oxygen atoms in total. The number of aromatic nitrogens is 4. The van der Waals surface area contributed by atoms with E-state index in [9.17, 15) is 9.59 Å². The van der Waals surface area contributed by atoms with Crippen LogP contribution in [0.2, 0.25) is 0 Å². The summed E-state index contributed by atoms with van der Waals surface area (Å²) in [6, 6.07) is 7.70. The maximum absolute atomic E-state index is 12.2. The molecule has 0 spiro atoms. The molecule has 0 atom stereocenters. The third kappa shape index (κ3) is 3.43. The van der Waals surface area contributed by atoms with E-state index in [1.54, 1.807) is 20.0 Å². The number of aromatic amines is 1. The van der Waals surface area contributed by atoms with Crippen LogP contribution in [0.4, 0.5) is 11.5 Å². The molecule has 0 saturated heterocycles. The molecule has 3 N–H and O–H groups in total. The highest BCUT2D eigenvalue weighted by atomic mass is 16.2. The molecule has 2 amide bonds. The Bertz CT molecular complexity index is 879. The summed E-state index contributed by atoms with van der Waals surface area (Å²) >= 11 is 0. The van der Waals surface area contributed by atoms with Gasteiger partial charge in [0.2, 0.25) is 11.8 Å². The normalized spacial score (nSPS) is 11.0. The number of hydrogen-bond donors (Lipinski definition) is 3. The van der Waals surface area contributed by atoms with E-state index < -0.39 is 0 Å². The Morgan fingerprint density at radius 2 is 2.04 bits per heavy atom. The number of H-pyrrole nitrogens is 1. The summed E-state index contributed by atoms with van der Waals surface area (Å²) in [4.78, 5) is 26.9. The monoisotopic (exact) mass is 326 g/mol. The number of para-hydroxylation sites is 1. The molecule has 0 aliphatic heterocycles. The number of rotatable bonds is 5. The van der Waals surface area contributed by atoms with Crippen molar-refractivity contribution in [2.45, 2.75) is 20.4 Å². The minimum atomic E-state index is -0.230. The van der Waals surface area contributed by atoms with Gasteiger partial charge in [0.25, 0.3) is 0 Å². The Kier molecular flexibility index (Phi) is 4.28. The molecule has 2 heterocycles. The number of hydrogen-bond acceptors (Lipinski definition) is 4. The first-order valence-corrected chi connectivity index (χ1v) is 7.60. The van der Waals surface area contributed by atoms with E-state index in [0.29, 0.717) is 11.5 Å². The van der Waals surface area contributed by atoms with Crippen LogP contribution in [-0.2, 0) is 16.1 Å². The van der Waals surface area contributed by atoms with Crippen LogP contribution < -0.4 is 10.6 Å². The SMILES string of the molecule is CC(C)C(=O)Nc1cn(CC(=O)Nc2c[nH]c3ccccc23)nn1. The predicted molar refractivity (Wildman–Crippen MR) is 90.4 cm³/mol. The second-order valence-electron chi connectivity index (χ2n) is 5.74. The van der Waals surface area contributed by atoms with Crippen molar-refractivity contribution >= 4 is 34.2 Å². The first-order valence-electron chi connectivity index (χ1n) is 7.60. The third-order valence-electron chi connectivity index (χ3n) is 3.48. The molecule has 0 aliphatic carbocycles. The molecule has 1 aromatic carbocycles. The fraction of sp³-hybridized carbons (Fsp3) is 0.250. The highest BCUT2D eigenvalue weighted by Gasteiger charge is 2.12. The second kappa shape index (κ2) is 6.53. The second-order valence-corrected chi connectivity index (χ2v) is 5.74. The number of fused-ring (bicyclic) bond motifs is 1. The van der Waals surface area contributed by atoms with Crippen LogP contribution in [-0.4, -0.2) is 31.8 Å². The minimum absolute atomic E-state index is 0.00402. The van der Waals surface area contributed by atoms with Gasteiger partial charge >= 0.3 is 0 Å². The fourth-order valence-electron chi connectivity index (χ4n) is 2.22. The number of amides is 2. The van der Waals surface area contributed by atoms with Crippen LogP contribution in [0.3, 0.4) is 0 Å². The van der Waals surface area contributed by atoms with Gasteiger partial charge in [-0.1, -0.05) is 37.3 Å². The van der Waals surface area contributed by atoms with Crippen LogP contribution in [0, 0.1) is 5.92 Å². The van der Waals surface area contributed by atoms with E-state index >= 15 is 0 Å². The lowest BCUT2D eigenvalue weighted by Crippen LogP contribution is -2.19. The van der Waals surface area contributed by atoms with Crippen molar-refractivity contribution in [3.63, 3.8) is 0 Å². The summed E-state index contributed by atoms with van der Waals surface area (Å²) < 4.78 is 1.38. The lowest BCUT2D eigenvalue weighted by atomic mass is 10.2. The third-order valence-corrected chi connectivity index (χ3v) is 3.48. The largest absolute Gasteiger partial charge is 0.359 e. The van der Waals surface area contributed by atoms with Crippen molar-refractivity contribution in [3.8, 4) is 0 Å². The molecule has 0 saturated carbocycles. The van der Waals surface area contributed by atoms with Crippen LogP contribution in [0.15, 0.2) is 36.7 Å². The van der Waals surface area contributed by atoms with Gasteiger partial charge in [0.05, 0.1) is 11.9 Å². The lowest BCUT2D eigenvalue weighted by molar-refractivity contribution is -0.119. The van der Waals surface area contributed by atoms with Crippen molar-refractivity contribution in [2.75, 3.05) is 10.6 Å². The van der Waals surface area contributed by atoms with Gasteiger partial charge in [-0.2, -0.15) is 0 Å². The van der Waals surface area contributed by atoms with E-state index in [-0.39, 0.29) is 24.3 Å². The molecule has 2 aromatic heterocycles. The standard InChI is InChI=1S/C16H18N6O2/c1-10(2)16(24)19-14-8-22(21-20-14)9-15(23)18-13-7-17-12-6-4-3-5-11(12)13/h3-8,10,17H,9H2,1-2H3,(H,18,23)(H,19,24). The lowest BCUT2D eigenvalue weighted by Gasteiger charge is -2.04. The molecule has 124 valence electrons. The van der Waals surface area contributed by atoms with Crippen molar-refractivity contribution in [1.82, 2.24) is 20.0 Å². The topological polar surface area (TPSA) is 105 Å². The molecule has 0 unspecified atom stereocenters. The Morgan fingerprint density at radius 1 is 1.25 bits per heavy atom. The Morgan fingerprint density at radius 3 is 2.83 bits per heavy atom. The van der Waals surface area contributed by atoms with E-state index in [1.165, 1.54) is 10.9 Å². The fourth-order valence-corrected chi connectivity index (χ4v) is 2.22. The zero-order valence-electron chi connectivity index (χ0n) is 13.4. The number of anilines is 2. The van der Waals surface area contributed by atoms with Crippen LogP contribution in [0.5, 0.6) is 0 Å². The molecule has 0 bridgehead atoms. The Labute approximate surface area is 138 Å². The van der Waals surface area contributed by atoms with Gasteiger partial charge in [0.1, 0.15) is 6.54 Å². The average molecular weight is 326 g/mol. The van der Waals surface area contributed by atoms with E-state index in [1.807, 2.05) is 24.3 Å². The van der Waals surface area contributed by atoms with Crippen molar-refractivity contribution < 1.29 is 9.59 Å². The summed E-state index contributed by atoms with van der Waals surface area (Å²) in [6.45, 7) is 3.58. The highest BCUT2D eigenvalue weighted by molar-refractivity contribution is 6.01. The van der Waals surface area contributed by atoms with E-state index in [0.717, 1.165) is 10.9 Å². The van der Waals surface area contributed by atoms with E-state index in [4.69, 9.17) is 0 Å². The summed E-state index contributed by atoms with van der Waals surface area (Å²) in [7, 11) is 0. The number of benzene rings is 1. The minimum Gasteiger partial charge on any atom is -0.359 e. The van der Waals surface area contributed by atoms with Crippen LogP contribution in [0.25, 0.3) is 10.9 Å². The first kappa shape index (κ1) is 15.7. The Balaban J connectivity index is 1.63. The van der Waals surface area contributed by atoms with Gasteiger partial charge in [0.15, 0.2) is 5.82 Å². The molecule has 0 fully saturated rings. The van der Waals surface area contributed by atoms with Crippen LogP contribution >= 0.6 is 0 Å². The van der Waals surface area contributed by atoms with Crippen molar-refractivity contribution in [3.05, 3.63) is 36.7 Å². The summed E-state index contributed by atoms with van der Waals surface area (Å²) in [5.41, 5.74) is 1.66. The van der Waals surface area contributed by atoms with Crippen molar-refractivity contribution in [2.24, 2.45) is 5.92 Å². The van der Waals surface area contributed by atoms with Gasteiger partial charge < -0.3 is 15.6 Å². The quantitative estimate of drug-likeness (QED) is 0.667. The van der Waals surface area contributed by atoms with Gasteiger partial charge in [-0.25, -0.2) is 4.68 Å². The number of nitrogens with one attached hydrogen (secondary N) is 3. The van der Waals surface area contributed by atoms with Crippen LogP contribution in [0.1, 0.15) is 13.8 Å². The zero-order chi connectivity index (χ0) is 17.1. The van der Waals surface area contributed by atoms with Crippen molar-refractivity contribution in [1.29, 1.82) is 0 Å². The summed E-state index contributed by atoms with van der Waals surface area (Å²) in [5, 5.41) is 14.1. The molecule has 3 aromatic rings. The molecule has 0 aliphatic rings. The molecular weight excluding hydrogens is 308 g/mol. The molecule has 3 rings (SSSR count). The first-order chi connectivity index (χ1) is 11.5. The molecule has 0 radical (unpaired) electrons. The molecule has 24 heavy (non-hydrogen) atoms. The van der Waals surface area contributed by atoms with Gasteiger partial charge in [-0.05, 0) is 6.07 Å². The maximum atomic E-state index is 12.2.